The molecule has 9 heteroatoms. The minimum absolute atomic E-state index is 0.196. The largest absolute Gasteiger partial charge is 0.279 e. The lowest BCUT2D eigenvalue weighted by atomic mass is 10.2. The molecule has 1 N–H and O–H groups in total. The maximum Gasteiger partial charge on any atom is 0.279 e. The molecule has 2 aromatic carbocycles. The van der Waals surface area contributed by atoms with Crippen molar-refractivity contribution in [2.75, 3.05) is 14.1 Å². The maximum atomic E-state index is 13.2. The maximum absolute atomic E-state index is 13.2. The lowest BCUT2D eigenvalue weighted by Gasteiger charge is -2.16. The van der Waals surface area contributed by atoms with E-state index >= 15 is 0 Å². The summed E-state index contributed by atoms with van der Waals surface area (Å²) in [5.74, 6) is -0.240. The highest BCUT2D eigenvalue weighted by atomic mass is 32.2. The number of rotatable bonds is 5. The van der Waals surface area contributed by atoms with Crippen LogP contribution in [0.4, 0.5) is 4.39 Å². The molecule has 136 valence electrons. The molecular weight excluding hydrogens is 359 g/mol. The standard InChI is InChI=1S/C17H17FN4O3S/c1-21(2)26(24,25)19-11-16-20-15-6-4-3-5-14(15)17(23)22(16)13-9-7-12(18)8-10-13/h3-10,19H,11H2,1-2H3. The molecule has 7 nitrogen and oxygen atoms in total. The molecule has 0 atom stereocenters. The molecule has 0 saturated heterocycles. The molecule has 1 heterocycles. The van der Waals surface area contributed by atoms with Crippen LogP contribution in [0.5, 0.6) is 0 Å². The van der Waals surface area contributed by atoms with Gasteiger partial charge in [-0.25, -0.2) is 9.37 Å². The monoisotopic (exact) mass is 376 g/mol. The fraction of sp³-hybridized carbons (Fsp3) is 0.176. The van der Waals surface area contributed by atoms with E-state index in [1.807, 2.05) is 0 Å². The SMILES string of the molecule is CN(C)S(=O)(=O)NCc1nc2ccccc2c(=O)n1-c1ccc(F)cc1. The average Bonchev–Trinajstić information content (AvgIpc) is 2.61. The van der Waals surface area contributed by atoms with E-state index in [0.29, 0.717) is 16.6 Å². The summed E-state index contributed by atoms with van der Waals surface area (Å²) in [5, 5.41) is 0.385. The van der Waals surface area contributed by atoms with Gasteiger partial charge in [0.05, 0.1) is 23.1 Å². The second-order valence-electron chi connectivity index (χ2n) is 5.77. The third kappa shape index (κ3) is 3.50. The molecule has 0 amide bonds. The van der Waals surface area contributed by atoms with Gasteiger partial charge in [-0.05, 0) is 36.4 Å². The van der Waals surface area contributed by atoms with E-state index in [1.165, 1.54) is 42.9 Å². The Morgan fingerprint density at radius 1 is 1.12 bits per heavy atom. The number of nitrogens with one attached hydrogen (secondary N) is 1. The highest BCUT2D eigenvalue weighted by molar-refractivity contribution is 7.87. The molecule has 0 unspecified atom stereocenters. The third-order valence-electron chi connectivity index (χ3n) is 3.82. The Hall–Kier alpha value is -2.62. The van der Waals surface area contributed by atoms with E-state index in [-0.39, 0.29) is 17.9 Å². The molecule has 0 aliphatic rings. The fourth-order valence-electron chi connectivity index (χ4n) is 2.44. The topological polar surface area (TPSA) is 84.3 Å². The Morgan fingerprint density at radius 2 is 1.77 bits per heavy atom. The highest BCUT2D eigenvalue weighted by Gasteiger charge is 2.17. The number of halogens is 1. The van der Waals surface area contributed by atoms with Gasteiger partial charge in [-0.15, -0.1) is 0 Å². The van der Waals surface area contributed by atoms with Crippen LogP contribution in [0.3, 0.4) is 0 Å². The minimum atomic E-state index is -3.70. The molecule has 0 radical (unpaired) electrons. The normalized spacial score (nSPS) is 12.0. The highest BCUT2D eigenvalue weighted by Crippen LogP contribution is 2.14. The van der Waals surface area contributed by atoms with E-state index in [1.54, 1.807) is 24.3 Å². The van der Waals surface area contributed by atoms with E-state index in [4.69, 9.17) is 0 Å². The predicted molar refractivity (Wildman–Crippen MR) is 96.7 cm³/mol. The third-order valence-corrected chi connectivity index (χ3v) is 5.29. The van der Waals surface area contributed by atoms with Crippen molar-refractivity contribution in [2.45, 2.75) is 6.54 Å². The number of para-hydroxylation sites is 1. The number of nitrogens with zero attached hydrogens (tertiary/aromatic N) is 3. The van der Waals surface area contributed by atoms with Crippen molar-refractivity contribution < 1.29 is 12.8 Å². The van der Waals surface area contributed by atoms with Gasteiger partial charge in [0.2, 0.25) is 0 Å². The van der Waals surface area contributed by atoms with Gasteiger partial charge in [-0.2, -0.15) is 17.4 Å². The van der Waals surface area contributed by atoms with Crippen LogP contribution >= 0.6 is 0 Å². The van der Waals surface area contributed by atoms with Gasteiger partial charge in [0.25, 0.3) is 15.8 Å². The molecule has 0 bridgehead atoms. The lowest BCUT2D eigenvalue weighted by Crippen LogP contribution is -2.37. The first-order valence-corrected chi connectivity index (χ1v) is 9.17. The Bertz CT molecular complexity index is 1110. The smallest absolute Gasteiger partial charge is 0.268 e. The molecule has 0 spiro atoms. The van der Waals surface area contributed by atoms with Crippen LogP contribution in [0.25, 0.3) is 16.6 Å². The summed E-state index contributed by atoms with van der Waals surface area (Å²) >= 11 is 0. The van der Waals surface area contributed by atoms with Crippen LogP contribution in [0.1, 0.15) is 5.82 Å². The van der Waals surface area contributed by atoms with Crippen LogP contribution in [0.15, 0.2) is 53.3 Å². The Morgan fingerprint density at radius 3 is 2.42 bits per heavy atom. The van der Waals surface area contributed by atoms with Crippen LogP contribution in [-0.2, 0) is 16.8 Å². The van der Waals surface area contributed by atoms with Crippen molar-refractivity contribution in [3.63, 3.8) is 0 Å². The molecule has 0 aliphatic carbocycles. The average molecular weight is 376 g/mol. The summed E-state index contributed by atoms with van der Waals surface area (Å²) in [7, 11) is -0.916. The molecule has 26 heavy (non-hydrogen) atoms. The first-order valence-electron chi connectivity index (χ1n) is 7.73. The van der Waals surface area contributed by atoms with Gasteiger partial charge >= 0.3 is 0 Å². The van der Waals surface area contributed by atoms with Crippen molar-refractivity contribution >= 4 is 21.1 Å². The second kappa shape index (κ2) is 6.94. The summed E-state index contributed by atoms with van der Waals surface area (Å²) in [5.41, 5.74) is 0.491. The van der Waals surface area contributed by atoms with Crippen molar-refractivity contribution in [3.05, 3.63) is 70.5 Å². The molecular formula is C17H17FN4O3S. The van der Waals surface area contributed by atoms with Gasteiger partial charge in [-0.1, -0.05) is 12.1 Å². The summed E-state index contributed by atoms with van der Waals surface area (Å²) in [6.45, 7) is -0.196. The zero-order chi connectivity index (χ0) is 18.9. The number of hydrogen-bond donors (Lipinski definition) is 1. The number of benzene rings is 2. The zero-order valence-corrected chi connectivity index (χ0v) is 15.0. The van der Waals surface area contributed by atoms with Gasteiger partial charge in [-0.3, -0.25) is 9.36 Å². The summed E-state index contributed by atoms with van der Waals surface area (Å²) < 4.78 is 41.9. The van der Waals surface area contributed by atoms with E-state index in [0.717, 1.165) is 4.31 Å². The Labute approximate surface area is 149 Å². The number of fused-ring (bicyclic) bond motifs is 1. The number of hydrogen-bond acceptors (Lipinski definition) is 4. The summed E-state index contributed by atoms with van der Waals surface area (Å²) in [6, 6.07) is 12.1. The van der Waals surface area contributed by atoms with Crippen LogP contribution < -0.4 is 10.3 Å². The summed E-state index contributed by atoms with van der Waals surface area (Å²) in [4.78, 5) is 17.4. The van der Waals surface area contributed by atoms with Gasteiger partial charge in [0.15, 0.2) is 0 Å². The van der Waals surface area contributed by atoms with Crippen molar-refractivity contribution in [1.29, 1.82) is 0 Å². The molecule has 0 aliphatic heterocycles. The molecule has 1 aromatic heterocycles. The van der Waals surface area contributed by atoms with Gasteiger partial charge in [0.1, 0.15) is 11.6 Å². The Balaban J connectivity index is 2.18. The van der Waals surface area contributed by atoms with Crippen LogP contribution in [0, 0.1) is 5.82 Å². The molecule has 3 aromatic rings. The van der Waals surface area contributed by atoms with Crippen LogP contribution in [0.2, 0.25) is 0 Å². The quantitative estimate of drug-likeness (QED) is 0.730. The van der Waals surface area contributed by atoms with E-state index < -0.39 is 16.0 Å². The second-order valence-corrected chi connectivity index (χ2v) is 7.74. The van der Waals surface area contributed by atoms with Crippen molar-refractivity contribution in [3.8, 4) is 5.69 Å². The van der Waals surface area contributed by atoms with E-state index in [2.05, 4.69) is 9.71 Å². The first-order chi connectivity index (χ1) is 12.3. The Kier molecular flexibility index (Phi) is 4.86. The minimum Gasteiger partial charge on any atom is -0.268 e. The van der Waals surface area contributed by atoms with Crippen molar-refractivity contribution in [1.82, 2.24) is 18.6 Å². The molecule has 0 fully saturated rings. The molecule has 3 rings (SSSR count). The fourth-order valence-corrected chi connectivity index (χ4v) is 3.01. The van der Waals surface area contributed by atoms with E-state index in [9.17, 15) is 17.6 Å². The number of aromatic nitrogens is 2. The van der Waals surface area contributed by atoms with Gasteiger partial charge in [0, 0.05) is 14.1 Å². The van der Waals surface area contributed by atoms with Gasteiger partial charge < -0.3 is 0 Å². The zero-order valence-electron chi connectivity index (χ0n) is 14.2. The first kappa shape index (κ1) is 18.2. The molecule has 0 saturated carbocycles. The lowest BCUT2D eigenvalue weighted by molar-refractivity contribution is 0.503. The summed E-state index contributed by atoms with van der Waals surface area (Å²) in [6.07, 6.45) is 0. The predicted octanol–water partition coefficient (Wildman–Crippen LogP) is 1.42. The van der Waals surface area contributed by atoms with Crippen molar-refractivity contribution in [2.24, 2.45) is 0 Å². The van der Waals surface area contributed by atoms with Crippen LogP contribution in [-0.4, -0.2) is 36.4 Å².